The topological polar surface area (TPSA) is 58.2 Å². The van der Waals surface area contributed by atoms with Gasteiger partial charge >= 0.3 is 0 Å². The Morgan fingerprint density at radius 3 is 1.64 bits per heavy atom. The van der Waals surface area contributed by atoms with Crippen molar-refractivity contribution in [2.45, 2.75) is 12.3 Å². The SMILES string of the molecule is O=C(CC(c1ccccc1)c1ccccc1)NCCNC(=O)c1ccccc1. The molecule has 3 rings (SSSR count). The molecule has 0 spiro atoms. The predicted molar refractivity (Wildman–Crippen MR) is 111 cm³/mol. The third kappa shape index (κ3) is 5.55. The Balaban J connectivity index is 1.52. The van der Waals surface area contributed by atoms with Crippen molar-refractivity contribution in [2.24, 2.45) is 0 Å². The maximum Gasteiger partial charge on any atom is 0.251 e. The minimum Gasteiger partial charge on any atom is -0.354 e. The van der Waals surface area contributed by atoms with E-state index in [2.05, 4.69) is 10.6 Å². The summed E-state index contributed by atoms with van der Waals surface area (Å²) in [6, 6.07) is 29.1. The van der Waals surface area contributed by atoms with E-state index in [0.29, 0.717) is 25.1 Å². The molecule has 4 nitrogen and oxygen atoms in total. The van der Waals surface area contributed by atoms with Gasteiger partial charge in [0.2, 0.25) is 5.91 Å². The van der Waals surface area contributed by atoms with Crippen LogP contribution in [-0.2, 0) is 4.79 Å². The molecule has 0 unspecified atom stereocenters. The molecule has 0 bridgehead atoms. The van der Waals surface area contributed by atoms with E-state index < -0.39 is 0 Å². The Bertz CT molecular complexity index is 841. The van der Waals surface area contributed by atoms with Crippen molar-refractivity contribution in [2.75, 3.05) is 13.1 Å². The highest BCUT2D eigenvalue weighted by molar-refractivity contribution is 5.94. The summed E-state index contributed by atoms with van der Waals surface area (Å²) in [6.45, 7) is 0.786. The Labute approximate surface area is 165 Å². The van der Waals surface area contributed by atoms with Crippen LogP contribution in [0.5, 0.6) is 0 Å². The van der Waals surface area contributed by atoms with Gasteiger partial charge in [0.15, 0.2) is 0 Å². The normalized spacial score (nSPS) is 10.5. The van der Waals surface area contributed by atoms with Gasteiger partial charge in [-0.1, -0.05) is 78.9 Å². The fourth-order valence-electron chi connectivity index (χ4n) is 3.13. The highest BCUT2D eigenvalue weighted by Gasteiger charge is 2.17. The Kier molecular flexibility index (Phi) is 6.96. The first-order valence-corrected chi connectivity index (χ1v) is 9.44. The van der Waals surface area contributed by atoms with Crippen molar-refractivity contribution in [1.82, 2.24) is 10.6 Å². The van der Waals surface area contributed by atoms with Gasteiger partial charge in [0.1, 0.15) is 0 Å². The molecule has 0 atom stereocenters. The van der Waals surface area contributed by atoms with Crippen molar-refractivity contribution in [3.05, 3.63) is 108 Å². The summed E-state index contributed by atoms with van der Waals surface area (Å²) in [5.74, 6) is -0.172. The third-order valence-electron chi connectivity index (χ3n) is 4.56. The van der Waals surface area contributed by atoms with Crippen molar-refractivity contribution >= 4 is 11.8 Å². The van der Waals surface area contributed by atoms with Gasteiger partial charge in [-0.3, -0.25) is 9.59 Å². The van der Waals surface area contributed by atoms with Crippen LogP contribution in [0, 0.1) is 0 Å². The van der Waals surface area contributed by atoms with E-state index in [0.717, 1.165) is 11.1 Å². The highest BCUT2D eigenvalue weighted by atomic mass is 16.2. The summed E-state index contributed by atoms with van der Waals surface area (Å²) < 4.78 is 0. The number of hydrogen-bond donors (Lipinski definition) is 2. The van der Waals surface area contributed by atoms with Crippen molar-refractivity contribution in [3.63, 3.8) is 0 Å². The van der Waals surface area contributed by atoms with Crippen molar-refractivity contribution in [3.8, 4) is 0 Å². The Morgan fingerprint density at radius 1 is 0.643 bits per heavy atom. The zero-order chi connectivity index (χ0) is 19.6. The molecule has 0 aliphatic heterocycles. The first-order chi connectivity index (χ1) is 13.7. The largest absolute Gasteiger partial charge is 0.354 e. The van der Waals surface area contributed by atoms with E-state index in [1.165, 1.54) is 0 Å². The number of carbonyl (C=O) groups excluding carboxylic acids is 2. The third-order valence-corrected chi connectivity index (χ3v) is 4.56. The van der Waals surface area contributed by atoms with Crippen molar-refractivity contribution in [1.29, 1.82) is 0 Å². The van der Waals surface area contributed by atoms with Crippen LogP contribution in [-0.4, -0.2) is 24.9 Å². The predicted octanol–water partition coefficient (Wildman–Crippen LogP) is 3.75. The van der Waals surface area contributed by atoms with Gasteiger partial charge in [0.25, 0.3) is 5.91 Å². The lowest BCUT2D eigenvalue weighted by Crippen LogP contribution is -2.35. The van der Waals surface area contributed by atoms with E-state index in [9.17, 15) is 9.59 Å². The lowest BCUT2D eigenvalue weighted by molar-refractivity contribution is -0.121. The monoisotopic (exact) mass is 372 g/mol. The summed E-state index contributed by atoms with van der Waals surface area (Å²) in [6.07, 6.45) is 0.362. The molecular weight excluding hydrogens is 348 g/mol. The van der Waals surface area contributed by atoms with E-state index in [4.69, 9.17) is 0 Å². The number of benzene rings is 3. The summed E-state index contributed by atoms with van der Waals surface area (Å²) in [5, 5.41) is 5.72. The molecule has 2 N–H and O–H groups in total. The van der Waals surface area contributed by atoms with Gasteiger partial charge in [0.05, 0.1) is 0 Å². The zero-order valence-electron chi connectivity index (χ0n) is 15.7. The first kappa shape index (κ1) is 19.4. The Morgan fingerprint density at radius 2 is 1.11 bits per heavy atom. The standard InChI is InChI=1S/C24H24N2O2/c27-23(25-16-17-26-24(28)21-14-8-3-9-15-21)18-22(19-10-4-1-5-11-19)20-12-6-2-7-13-20/h1-15,22H,16-18H2,(H,25,27)(H,26,28). The zero-order valence-corrected chi connectivity index (χ0v) is 15.7. The molecule has 0 saturated carbocycles. The lowest BCUT2D eigenvalue weighted by atomic mass is 9.88. The minimum atomic E-state index is -0.138. The van der Waals surface area contributed by atoms with Crippen LogP contribution in [0.4, 0.5) is 0 Å². The smallest absolute Gasteiger partial charge is 0.251 e. The average Bonchev–Trinajstić information content (AvgIpc) is 2.76. The van der Waals surface area contributed by atoms with Crippen molar-refractivity contribution < 1.29 is 9.59 Å². The second-order valence-electron chi connectivity index (χ2n) is 6.55. The van der Waals surface area contributed by atoms with Gasteiger partial charge in [-0.2, -0.15) is 0 Å². The second kappa shape index (κ2) is 10.1. The van der Waals surface area contributed by atoms with Crippen LogP contribution in [0.1, 0.15) is 33.8 Å². The van der Waals surface area contributed by atoms with Crippen LogP contribution in [0.3, 0.4) is 0 Å². The molecule has 28 heavy (non-hydrogen) atoms. The van der Waals surface area contributed by atoms with E-state index in [1.54, 1.807) is 12.1 Å². The van der Waals surface area contributed by atoms with Crippen LogP contribution in [0.15, 0.2) is 91.0 Å². The van der Waals surface area contributed by atoms with Gasteiger partial charge in [0, 0.05) is 31.0 Å². The van der Waals surface area contributed by atoms with E-state index in [1.807, 2.05) is 78.9 Å². The lowest BCUT2D eigenvalue weighted by Gasteiger charge is -2.18. The minimum absolute atomic E-state index is 0.00121. The Hall–Kier alpha value is -3.40. The molecule has 3 aromatic carbocycles. The second-order valence-corrected chi connectivity index (χ2v) is 6.55. The van der Waals surface area contributed by atoms with Gasteiger partial charge in [-0.05, 0) is 23.3 Å². The number of rotatable bonds is 8. The molecule has 4 heteroatoms. The maximum atomic E-state index is 12.5. The molecule has 0 radical (unpaired) electrons. The average molecular weight is 372 g/mol. The number of hydrogen-bond acceptors (Lipinski definition) is 2. The molecule has 0 aliphatic rings. The molecule has 0 aromatic heterocycles. The molecular formula is C24H24N2O2. The molecule has 0 fully saturated rings. The number of carbonyl (C=O) groups is 2. The molecule has 0 aliphatic carbocycles. The number of amides is 2. The molecule has 2 amide bonds. The molecule has 0 saturated heterocycles. The van der Waals surface area contributed by atoms with Crippen LogP contribution >= 0.6 is 0 Å². The molecule has 0 heterocycles. The van der Waals surface area contributed by atoms with Gasteiger partial charge in [-0.15, -0.1) is 0 Å². The quantitative estimate of drug-likeness (QED) is 0.592. The van der Waals surface area contributed by atoms with E-state index >= 15 is 0 Å². The summed E-state index contributed by atoms with van der Waals surface area (Å²) in [4.78, 5) is 24.5. The van der Waals surface area contributed by atoms with Crippen LogP contribution < -0.4 is 10.6 Å². The van der Waals surface area contributed by atoms with E-state index in [-0.39, 0.29) is 17.7 Å². The van der Waals surface area contributed by atoms with Gasteiger partial charge < -0.3 is 10.6 Å². The first-order valence-electron chi connectivity index (χ1n) is 9.44. The maximum absolute atomic E-state index is 12.5. The highest BCUT2D eigenvalue weighted by Crippen LogP contribution is 2.27. The summed E-state index contributed by atoms with van der Waals surface area (Å²) >= 11 is 0. The van der Waals surface area contributed by atoms with Gasteiger partial charge in [-0.25, -0.2) is 0 Å². The summed E-state index contributed by atoms with van der Waals surface area (Å²) in [5.41, 5.74) is 2.84. The fourth-order valence-corrected chi connectivity index (χ4v) is 3.13. The van der Waals surface area contributed by atoms with Crippen LogP contribution in [0.25, 0.3) is 0 Å². The fraction of sp³-hybridized carbons (Fsp3) is 0.167. The number of nitrogens with one attached hydrogen (secondary N) is 2. The molecule has 3 aromatic rings. The van der Waals surface area contributed by atoms with Crippen LogP contribution in [0.2, 0.25) is 0 Å². The summed E-state index contributed by atoms with van der Waals surface area (Å²) in [7, 11) is 0. The molecule has 142 valence electrons.